The highest BCUT2D eigenvalue weighted by Gasteiger charge is 2.34. The Morgan fingerprint density at radius 2 is 1.94 bits per heavy atom. The first-order chi connectivity index (χ1) is 7.49. The van der Waals surface area contributed by atoms with Gasteiger partial charge < -0.3 is 5.73 Å². The second kappa shape index (κ2) is 5.73. The van der Waals surface area contributed by atoms with Gasteiger partial charge in [0.05, 0.1) is 0 Å². The first-order valence-corrected chi connectivity index (χ1v) is 6.62. The molecule has 0 heterocycles. The van der Waals surface area contributed by atoms with Crippen molar-refractivity contribution in [2.24, 2.45) is 28.9 Å². The van der Waals surface area contributed by atoms with Gasteiger partial charge in [-0.2, -0.15) is 0 Å². The van der Waals surface area contributed by atoms with Crippen LogP contribution >= 0.6 is 0 Å². The van der Waals surface area contributed by atoms with Crippen LogP contribution in [0, 0.1) is 35.5 Å². The number of rotatable bonds is 3. The van der Waals surface area contributed by atoms with Crippen molar-refractivity contribution in [3.63, 3.8) is 0 Å². The van der Waals surface area contributed by atoms with Gasteiger partial charge in [-0.25, -0.2) is 0 Å². The molecule has 0 aliphatic heterocycles. The third-order valence-corrected chi connectivity index (χ3v) is 4.33. The normalized spacial score (nSPS) is 31.1. The summed E-state index contributed by atoms with van der Waals surface area (Å²) in [6, 6.07) is 0. The molecular weight excluding hydrogens is 194 g/mol. The Bertz CT molecular complexity index is 243. The maximum absolute atomic E-state index is 5.87. The molecule has 16 heavy (non-hydrogen) atoms. The molecule has 0 bridgehead atoms. The van der Waals surface area contributed by atoms with E-state index >= 15 is 0 Å². The molecule has 0 amide bonds. The van der Waals surface area contributed by atoms with E-state index in [0.717, 1.165) is 24.8 Å². The van der Waals surface area contributed by atoms with Crippen LogP contribution in [0.4, 0.5) is 0 Å². The van der Waals surface area contributed by atoms with Crippen LogP contribution in [0.15, 0.2) is 0 Å². The molecule has 1 rings (SSSR count). The number of hydrogen-bond donors (Lipinski definition) is 1. The maximum atomic E-state index is 5.87. The van der Waals surface area contributed by atoms with Gasteiger partial charge in [0, 0.05) is 6.42 Å². The summed E-state index contributed by atoms with van der Waals surface area (Å²) in [7, 11) is 0. The lowest BCUT2D eigenvalue weighted by Gasteiger charge is -2.41. The van der Waals surface area contributed by atoms with E-state index in [2.05, 4.69) is 26.7 Å². The smallest absolute Gasteiger partial charge is 0.00888 e. The van der Waals surface area contributed by atoms with Crippen LogP contribution in [-0.2, 0) is 0 Å². The van der Waals surface area contributed by atoms with Gasteiger partial charge in [0.2, 0.25) is 0 Å². The number of terminal acetylenes is 1. The van der Waals surface area contributed by atoms with Crippen LogP contribution in [0.25, 0.3) is 0 Å². The summed E-state index contributed by atoms with van der Waals surface area (Å²) in [4.78, 5) is 0. The third-order valence-electron chi connectivity index (χ3n) is 4.33. The van der Waals surface area contributed by atoms with E-state index in [9.17, 15) is 0 Å². The first-order valence-electron chi connectivity index (χ1n) is 6.62. The summed E-state index contributed by atoms with van der Waals surface area (Å²) in [5.41, 5.74) is 6.31. The van der Waals surface area contributed by atoms with Crippen LogP contribution in [0.1, 0.15) is 52.9 Å². The summed E-state index contributed by atoms with van der Waals surface area (Å²) < 4.78 is 0. The van der Waals surface area contributed by atoms with Gasteiger partial charge in [-0.3, -0.25) is 0 Å². The van der Waals surface area contributed by atoms with E-state index in [1.807, 2.05) is 0 Å². The largest absolute Gasteiger partial charge is 0.330 e. The van der Waals surface area contributed by atoms with E-state index in [1.54, 1.807) is 0 Å². The molecule has 0 aromatic rings. The summed E-state index contributed by atoms with van der Waals surface area (Å²) in [6.07, 6.45) is 11.4. The van der Waals surface area contributed by atoms with Crippen molar-refractivity contribution in [2.75, 3.05) is 6.54 Å². The van der Waals surface area contributed by atoms with Crippen LogP contribution < -0.4 is 5.73 Å². The Kier molecular flexibility index (Phi) is 4.87. The predicted octanol–water partition coefficient (Wildman–Crippen LogP) is 3.44. The molecule has 0 spiro atoms. The highest BCUT2D eigenvalue weighted by molar-refractivity contribution is 4.90. The van der Waals surface area contributed by atoms with E-state index in [0.29, 0.717) is 11.3 Å². The van der Waals surface area contributed by atoms with Gasteiger partial charge in [0.25, 0.3) is 0 Å². The van der Waals surface area contributed by atoms with Gasteiger partial charge in [-0.1, -0.05) is 20.8 Å². The molecule has 3 atom stereocenters. The van der Waals surface area contributed by atoms with Crippen molar-refractivity contribution >= 4 is 0 Å². The molecule has 0 aromatic heterocycles. The molecule has 1 nitrogen and oxygen atoms in total. The van der Waals surface area contributed by atoms with Crippen molar-refractivity contribution in [1.29, 1.82) is 0 Å². The van der Waals surface area contributed by atoms with Gasteiger partial charge >= 0.3 is 0 Å². The molecule has 2 N–H and O–H groups in total. The Balaban J connectivity index is 2.58. The molecular formula is C15H27N. The fourth-order valence-electron chi connectivity index (χ4n) is 3.05. The average Bonchev–Trinajstić information content (AvgIpc) is 2.24. The van der Waals surface area contributed by atoms with Crippen molar-refractivity contribution in [3.8, 4) is 12.3 Å². The molecule has 1 heteroatoms. The Labute approximate surface area is 101 Å². The van der Waals surface area contributed by atoms with E-state index in [-0.39, 0.29) is 0 Å². The maximum Gasteiger partial charge on any atom is 0.00888 e. The number of nitrogens with two attached hydrogens (primary N) is 1. The van der Waals surface area contributed by atoms with Gasteiger partial charge in [-0.15, -0.1) is 12.3 Å². The van der Waals surface area contributed by atoms with E-state index in [1.165, 1.54) is 25.7 Å². The molecule has 0 radical (unpaired) electrons. The minimum Gasteiger partial charge on any atom is -0.330 e. The quantitative estimate of drug-likeness (QED) is 0.726. The second-order valence-electron chi connectivity index (χ2n) is 6.37. The van der Waals surface area contributed by atoms with Crippen LogP contribution in [0.2, 0.25) is 0 Å². The zero-order valence-electron chi connectivity index (χ0n) is 11.1. The lowest BCUT2D eigenvalue weighted by atomic mass is 9.64. The minimum absolute atomic E-state index is 0.438. The van der Waals surface area contributed by atoms with Gasteiger partial charge in [-0.05, 0) is 55.4 Å². The summed E-state index contributed by atoms with van der Waals surface area (Å²) in [5.74, 6) is 5.10. The lowest BCUT2D eigenvalue weighted by molar-refractivity contribution is 0.0973. The first kappa shape index (κ1) is 13.6. The van der Waals surface area contributed by atoms with E-state index in [4.69, 9.17) is 12.2 Å². The number of hydrogen-bond acceptors (Lipinski definition) is 1. The van der Waals surface area contributed by atoms with Crippen molar-refractivity contribution in [1.82, 2.24) is 0 Å². The standard InChI is InChI=1S/C15H27N/c1-5-6-7-12-10-14(15(2,3)4)9-8-13(12)11-16/h1,12-14H,6-11,16H2,2-4H3. The van der Waals surface area contributed by atoms with Crippen LogP contribution in [-0.4, -0.2) is 6.54 Å². The van der Waals surface area contributed by atoms with Gasteiger partial charge in [0.15, 0.2) is 0 Å². The zero-order chi connectivity index (χ0) is 12.2. The molecule has 0 saturated heterocycles. The lowest BCUT2D eigenvalue weighted by Crippen LogP contribution is -2.35. The SMILES string of the molecule is C#CCCC1CC(C(C)(C)C)CCC1CN. The predicted molar refractivity (Wildman–Crippen MR) is 70.9 cm³/mol. The summed E-state index contributed by atoms with van der Waals surface area (Å²) >= 11 is 0. The fourth-order valence-corrected chi connectivity index (χ4v) is 3.05. The summed E-state index contributed by atoms with van der Waals surface area (Å²) in [5, 5.41) is 0. The Morgan fingerprint density at radius 3 is 2.44 bits per heavy atom. The molecule has 0 aromatic carbocycles. The molecule has 1 saturated carbocycles. The highest BCUT2D eigenvalue weighted by atomic mass is 14.6. The van der Waals surface area contributed by atoms with Crippen LogP contribution in [0.5, 0.6) is 0 Å². The van der Waals surface area contributed by atoms with Crippen LogP contribution in [0.3, 0.4) is 0 Å². The topological polar surface area (TPSA) is 26.0 Å². The van der Waals surface area contributed by atoms with Crippen molar-refractivity contribution in [2.45, 2.75) is 52.9 Å². The Hall–Kier alpha value is -0.480. The molecule has 92 valence electrons. The van der Waals surface area contributed by atoms with Gasteiger partial charge in [0.1, 0.15) is 0 Å². The average molecular weight is 221 g/mol. The second-order valence-corrected chi connectivity index (χ2v) is 6.37. The monoisotopic (exact) mass is 221 g/mol. The Morgan fingerprint density at radius 1 is 1.25 bits per heavy atom. The minimum atomic E-state index is 0.438. The highest BCUT2D eigenvalue weighted by Crippen LogP contribution is 2.43. The van der Waals surface area contributed by atoms with Crippen molar-refractivity contribution in [3.05, 3.63) is 0 Å². The van der Waals surface area contributed by atoms with E-state index < -0.39 is 0 Å². The third kappa shape index (κ3) is 3.52. The zero-order valence-corrected chi connectivity index (χ0v) is 11.1. The molecule has 1 aliphatic carbocycles. The van der Waals surface area contributed by atoms with Crippen molar-refractivity contribution < 1.29 is 0 Å². The summed E-state index contributed by atoms with van der Waals surface area (Å²) in [6.45, 7) is 7.92. The molecule has 1 aliphatic rings. The molecule has 3 unspecified atom stereocenters. The fraction of sp³-hybridized carbons (Fsp3) is 0.867. The molecule has 1 fully saturated rings.